The van der Waals surface area contributed by atoms with Gasteiger partial charge in [-0.2, -0.15) is 0 Å². The predicted octanol–water partition coefficient (Wildman–Crippen LogP) is 1.95. The van der Waals surface area contributed by atoms with Gasteiger partial charge in [0.1, 0.15) is 12.1 Å². The van der Waals surface area contributed by atoms with Crippen LogP contribution in [0.1, 0.15) is 6.42 Å². The Kier molecular flexibility index (Phi) is 6.19. The van der Waals surface area contributed by atoms with Gasteiger partial charge in [0.2, 0.25) is 0 Å². The van der Waals surface area contributed by atoms with Crippen LogP contribution < -0.4 is 10.1 Å². The SMILES string of the molecule is COC(=O)C1CC(Oc2ccc(Cl)cc2[N+](=O)[O-])CN1.Cl. The molecule has 1 fully saturated rings. The van der Waals surface area contributed by atoms with Gasteiger partial charge in [-0.25, -0.2) is 0 Å². The molecule has 0 saturated carbocycles. The average Bonchev–Trinajstić information content (AvgIpc) is 2.88. The number of esters is 1. The molecule has 2 unspecified atom stereocenters. The number of nitro groups is 1. The Morgan fingerprint density at radius 2 is 2.24 bits per heavy atom. The summed E-state index contributed by atoms with van der Waals surface area (Å²) in [4.78, 5) is 21.8. The Balaban J connectivity index is 0.00000220. The normalized spacial score (nSPS) is 20.5. The quantitative estimate of drug-likeness (QED) is 0.513. The lowest BCUT2D eigenvalue weighted by molar-refractivity contribution is -0.386. The van der Waals surface area contributed by atoms with Crippen molar-refractivity contribution in [3.8, 4) is 5.75 Å². The van der Waals surface area contributed by atoms with Crippen LogP contribution in [0.2, 0.25) is 5.02 Å². The molecular weight excluding hydrogens is 323 g/mol. The zero-order valence-corrected chi connectivity index (χ0v) is 12.6. The number of nitro benzene ring substituents is 1. The minimum Gasteiger partial charge on any atom is -0.482 e. The third kappa shape index (κ3) is 4.20. The van der Waals surface area contributed by atoms with Gasteiger partial charge in [0.25, 0.3) is 0 Å². The summed E-state index contributed by atoms with van der Waals surface area (Å²) in [5, 5.41) is 14.2. The van der Waals surface area contributed by atoms with E-state index in [0.29, 0.717) is 13.0 Å². The molecule has 0 amide bonds. The fourth-order valence-electron chi connectivity index (χ4n) is 2.03. The lowest BCUT2D eigenvalue weighted by Crippen LogP contribution is -2.31. The molecule has 9 heteroatoms. The maximum Gasteiger partial charge on any atom is 0.323 e. The molecule has 1 aromatic carbocycles. The van der Waals surface area contributed by atoms with E-state index in [1.54, 1.807) is 0 Å². The summed E-state index contributed by atoms with van der Waals surface area (Å²) < 4.78 is 10.2. The van der Waals surface area contributed by atoms with Crippen molar-refractivity contribution in [1.82, 2.24) is 5.32 Å². The zero-order valence-electron chi connectivity index (χ0n) is 11.1. The molecule has 0 bridgehead atoms. The van der Waals surface area contributed by atoms with Crippen molar-refractivity contribution in [1.29, 1.82) is 0 Å². The summed E-state index contributed by atoms with van der Waals surface area (Å²) in [5.74, 6) is -0.238. The van der Waals surface area contributed by atoms with E-state index in [0.717, 1.165) is 0 Å². The maximum absolute atomic E-state index is 11.4. The van der Waals surface area contributed by atoms with Crippen LogP contribution in [0.15, 0.2) is 18.2 Å². The van der Waals surface area contributed by atoms with Crippen molar-refractivity contribution in [2.75, 3.05) is 13.7 Å². The second-order valence-electron chi connectivity index (χ2n) is 4.33. The van der Waals surface area contributed by atoms with Gasteiger partial charge in [0.15, 0.2) is 5.75 Å². The van der Waals surface area contributed by atoms with E-state index in [2.05, 4.69) is 10.1 Å². The van der Waals surface area contributed by atoms with Gasteiger partial charge < -0.3 is 14.8 Å². The number of carbonyl (C=O) groups is 1. The van der Waals surface area contributed by atoms with Crippen molar-refractivity contribution >= 4 is 35.7 Å². The predicted molar refractivity (Wildman–Crippen MR) is 78.2 cm³/mol. The molecule has 0 spiro atoms. The molecule has 1 N–H and O–H groups in total. The highest BCUT2D eigenvalue weighted by molar-refractivity contribution is 6.30. The maximum atomic E-state index is 11.4. The molecule has 1 aromatic rings. The number of carbonyl (C=O) groups excluding carboxylic acids is 1. The number of rotatable bonds is 4. The lowest BCUT2D eigenvalue weighted by Gasteiger charge is -2.12. The number of nitrogens with zero attached hydrogens (tertiary/aromatic N) is 1. The first-order chi connectivity index (χ1) is 9.51. The van der Waals surface area contributed by atoms with Crippen LogP contribution in [0, 0.1) is 10.1 Å². The molecule has 1 heterocycles. The van der Waals surface area contributed by atoms with Crippen LogP contribution in [-0.4, -0.2) is 36.7 Å². The number of methoxy groups -OCH3 is 1. The monoisotopic (exact) mass is 336 g/mol. The van der Waals surface area contributed by atoms with Gasteiger partial charge in [-0.1, -0.05) is 11.6 Å². The van der Waals surface area contributed by atoms with Crippen LogP contribution in [0.5, 0.6) is 5.75 Å². The largest absolute Gasteiger partial charge is 0.482 e. The number of hydrogen-bond donors (Lipinski definition) is 1. The number of halogens is 2. The third-order valence-electron chi connectivity index (χ3n) is 2.99. The van der Waals surface area contributed by atoms with Crippen molar-refractivity contribution in [3.05, 3.63) is 33.3 Å². The van der Waals surface area contributed by atoms with Gasteiger partial charge in [-0.15, -0.1) is 12.4 Å². The van der Waals surface area contributed by atoms with Crippen molar-refractivity contribution in [2.24, 2.45) is 0 Å². The first-order valence-electron chi connectivity index (χ1n) is 5.93. The summed E-state index contributed by atoms with van der Waals surface area (Å²) in [6, 6.07) is 3.75. The molecule has 2 atom stereocenters. The fourth-order valence-corrected chi connectivity index (χ4v) is 2.19. The average molecular weight is 337 g/mol. The molecule has 1 saturated heterocycles. The van der Waals surface area contributed by atoms with Crippen LogP contribution in [0.4, 0.5) is 5.69 Å². The van der Waals surface area contributed by atoms with Gasteiger partial charge in [-0.05, 0) is 12.1 Å². The summed E-state index contributed by atoms with van der Waals surface area (Å²) in [6.07, 6.45) is 0.0610. The molecule has 1 aliphatic rings. The van der Waals surface area contributed by atoms with Crippen molar-refractivity contribution < 1.29 is 19.2 Å². The molecule has 116 valence electrons. The number of hydrogen-bond acceptors (Lipinski definition) is 6. The van der Waals surface area contributed by atoms with Crippen LogP contribution in [0.3, 0.4) is 0 Å². The highest BCUT2D eigenvalue weighted by Crippen LogP contribution is 2.31. The number of ether oxygens (including phenoxy) is 2. The molecule has 0 radical (unpaired) electrons. The smallest absolute Gasteiger partial charge is 0.323 e. The second kappa shape index (κ2) is 7.44. The Labute approximate surface area is 132 Å². The van der Waals surface area contributed by atoms with E-state index >= 15 is 0 Å². The Bertz CT molecular complexity index is 540. The summed E-state index contributed by atoms with van der Waals surface area (Å²) in [5.41, 5.74) is -0.195. The van der Waals surface area contributed by atoms with E-state index < -0.39 is 11.0 Å². The molecule has 0 aliphatic carbocycles. The number of benzene rings is 1. The van der Waals surface area contributed by atoms with Gasteiger partial charge >= 0.3 is 11.7 Å². The minimum atomic E-state index is -0.554. The first kappa shape index (κ1) is 17.5. The molecule has 2 rings (SSSR count). The molecule has 0 aromatic heterocycles. The summed E-state index contributed by atoms with van der Waals surface area (Å²) in [6.45, 7) is 0.416. The second-order valence-corrected chi connectivity index (χ2v) is 4.77. The van der Waals surface area contributed by atoms with Crippen LogP contribution in [-0.2, 0) is 9.53 Å². The standard InChI is InChI=1S/C12H13ClN2O5.ClH/c1-19-12(16)9-5-8(6-14-9)20-11-3-2-7(13)4-10(11)15(17)18;/h2-4,8-9,14H,5-6H2,1H3;1H. The summed E-state index contributed by atoms with van der Waals surface area (Å²) in [7, 11) is 1.31. The van der Waals surface area contributed by atoms with Crippen molar-refractivity contribution in [3.63, 3.8) is 0 Å². The van der Waals surface area contributed by atoms with E-state index in [-0.39, 0.29) is 40.9 Å². The summed E-state index contributed by atoms with van der Waals surface area (Å²) >= 11 is 5.73. The highest BCUT2D eigenvalue weighted by atomic mass is 35.5. The fraction of sp³-hybridized carbons (Fsp3) is 0.417. The Morgan fingerprint density at radius 1 is 1.52 bits per heavy atom. The van der Waals surface area contributed by atoms with Gasteiger partial charge in [0, 0.05) is 24.1 Å². The van der Waals surface area contributed by atoms with Gasteiger partial charge in [-0.3, -0.25) is 14.9 Å². The van der Waals surface area contributed by atoms with E-state index in [4.69, 9.17) is 16.3 Å². The zero-order chi connectivity index (χ0) is 14.7. The van der Waals surface area contributed by atoms with Gasteiger partial charge in [0.05, 0.1) is 12.0 Å². The highest BCUT2D eigenvalue weighted by Gasteiger charge is 2.32. The van der Waals surface area contributed by atoms with E-state index in [1.807, 2.05) is 0 Å². The topological polar surface area (TPSA) is 90.7 Å². The molecule has 7 nitrogen and oxygen atoms in total. The van der Waals surface area contributed by atoms with E-state index in [1.165, 1.54) is 25.3 Å². The molecule has 21 heavy (non-hydrogen) atoms. The third-order valence-corrected chi connectivity index (χ3v) is 3.22. The number of nitrogens with one attached hydrogen (secondary N) is 1. The lowest BCUT2D eigenvalue weighted by atomic mass is 10.2. The van der Waals surface area contributed by atoms with Crippen LogP contribution in [0.25, 0.3) is 0 Å². The molecular formula is C12H14Cl2N2O5. The molecule has 1 aliphatic heterocycles. The van der Waals surface area contributed by atoms with E-state index in [9.17, 15) is 14.9 Å². The Morgan fingerprint density at radius 3 is 2.86 bits per heavy atom. The first-order valence-corrected chi connectivity index (χ1v) is 6.31. The Hall–Kier alpha value is -1.57. The van der Waals surface area contributed by atoms with Crippen molar-refractivity contribution in [2.45, 2.75) is 18.6 Å². The minimum absolute atomic E-state index is 0. The van der Waals surface area contributed by atoms with Crippen LogP contribution >= 0.6 is 24.0 Å².